The minimum atomic E-state index is 0.690. The Balaban J connectivity index is 1.99. The standard InChI is InChI=1S/C10H17ClN2S/c1-10(3-4-11)14-8-2-6-13-7-5-12-9-13/h5,7,9-10H,2-4,6,8H2,1H3. The number of imidazole rings is 1. The first-order valence-corrected chi connectivity index (χ1v) is 6.54. The van der Waals surface area contributed by atoms with Crippen LogP contribution in [-0.2, 0) is 6.54 Å². The van der Waals surface area contributed by atoms with Crippen molar-refractivity contribution in [2.75, 3.05) is 11.6 Å². The smallest absolute Gasteiger partial charge is 0.0945 e. The summed E-state index contributed by atoms with van der Waals surface area (Å²) in [7, 11) is 0. The van der Waals surface area contributed by atoms with Gasteiger partial charge in [0.25, 0.3) is 0 Å². The molecular weight excluding hydrogens is 216 g/mol. The van der Waals surface area contributed by atoms with Gasteiger partial charge in [-0.1, -0.05) is 6.92 Å². The minimum absolute atomic E-state index is 0.690. The topological polar surface area (TPSA) is 17.8 Å². The fourth-order valence-corrected chi connectivity index (χ4v) is 2.63. The van der Waals surface area contributed by atoms with Crippen molar-refractivity contribution in [3.05, 3.63) is 18.7 Å². The molecule has 2 nitrogen and oxygen atoms in total. The number of aromatic nitrogens is 2. The van der Waals surface area contributed by atoms with Crippen LogP contribution >= 0.6 is 23.4 Å². The van der Waals surface area contributed by atoms with Crippen molar-refractivity contribution in [1.29, 1.82) is 0 Å². The van der Waals surface area contributed by atoms with Crippen molar-refractivity contribution < 1.29 is 0 Å². The maximum Gasteiger partial charge on any atom is 0.0945 e. The first-order chi connectivity index (χ1) is 6.83. The Hall–Kier alpha value is -0.150. The summed E-state index contributed by atoms with van der Waals surface area (Å²) in [5.74, 6) is 1.98. The number of thioether (sulfide) groups is 1. The van der Waals surface area contributed by atoms with Gasteiger partial charge in [-0.15, -0.1) is 11.6 Å². The van der Waals surface area contributed by atoms with Gasteiger partial charge in [-0.25, -0.2) is 4.98 Å². The first-order valence-electron chi connectivity index (χ1n) is 4.96. The molecule has 1 unspecified atom stereocenters. The van der Waals surface area contributed by atoms with E-state index in [0.717, 1.165) is 18.8 Å². The molecule has 1 rings (SSSR count). The van der Waals surface area contributed by atoms with Gasteiger partial charge < -0.3 is 4.57 Å². The minimum Gasteiger partial charge on any atom is -0.337 e. The summed E-state index contributed by atoms with van der Waals surface area (Å²) < 4.78 is 2.12. The lowest BCUT2D eigenvalue weighted by Gasteiger charge is -2.08. The molecule has 0 N–H and O–H groups in total. The van der Waals surface area contributed by atoms with Crippen molar-refractivity contribution in [1.82, 2.24) is 9.55 Å². The molecule has 0 spiro atoms. The van der Waals surface area contributed by atoms with Crippen LogP contribution in [0.4, 0.5) is 0 Å². The highest BCUT2D eigenvalue weighted by Crippen LogP contribution is 2.15. The third-order valence-corrected chi connectivity index (χ3v) is 3.59. The van der Waals surface area contributed by atoms with Crippen LogP contribution < -0.4 is 0 Å². The molecular formula is C10H17ClN2S. The quantitative estimate of drug-likeness (QED) is 0.531. The van der Waals surface area contributed by atoms with E-state index in [1.807, 2.05) is 30.5 Å². The Morgan fingerprint density at radius 3 is 3.07 bits per heavy atom. The Bertz CT molecular complexity index is 226. The summed E-state index contributed by atoms with van der Waals surface area (Å²) in [5, 5.41) is 0.690. The van der Waals surface area contributed by atoms with Gasteiger partial charge >= 0.3 is 0 Å². The third kappa shape index (κ3) is 4.91. The summed E-state index contributed by atoms with van der Waals surface area (Å²) in [4.78, 5) is 4.00. The lowest BCUT2D eigenvalue weighted by atomic mass is 10.4. The highest BCUT2D eigenvalue weighted by atomic mass is 35.5. The summed E-state index contributed by atoms with van der Waals surface area (Å²) in [5.41, 5.74) is 0. The number of hydrogen-bond donors (Lipinski definition) is 0. The molecule has 4 heteroatoms. The Kier molecular flexibility index (Phi) is 6.12. The predicted octanol–water partition coefficient (Wildman–Crippen LogP) is 3.02. The summed E-state index contributed by atoms with van der Waals surface area (Å²) in [6.45, 7) is 3.31. The van der Waals surface area contributed by atoms with E-state index in [9.17, 15) is 0 Å². The number of halogens is 1. The molecule has 1 aromatic heterocycles. The van der Waals surface area contributed by atoms with Gasteiger partial charge in [0, 0.05) is 30.1 Å². The molecule has 0 aliphatic rings. The molecule has 14 heavy (non-hydrogen) atoms. The second-order valence-electron chi connectivity index (χ2n) is 3.31. The molecule has 0 aliphatic heterocycles. The van der Waals surface area contributed by atoms with E-state index in [4.69, 9.17) is 11.6 Å². The first kappa shape index (κ1) is 11.9. The van der Waals surface area contributed by atoms with E-state index >= 15 is 0 Å². The molecule has 0 radical (unpaired) electrons. The number of hydrogen-bond acceptors (Lipinski definition) is 2. The van der Waals surface area contributed by atoms with Gasteiger partial charge in [0.2, 0.25) is 0 Å². The predicted molar refractivity (Wildman–Crippen MR) is 64.1 cm³/mol. The van der Waals surface area contributed by atoms with Crippen LogP contribution in [-0.4, -0.2) is 26.4 Å². The second-order valence-corrected chi connectivity index (χ2v) is 5.24. The molecule has 0 aromatic carbocycles. The van der Waals surface area contributed by atoms with E-state index in [0.29, 0.717) is 5.25 Å². The van der Waals surface area contributed by atoms with E-state index in [-0.39, 0.29) is 0 Å². The molecule has 0 amide bonds. The van der Waals surface area contributed by atoms with E-state index in [2.05, 4.69) is 16.5 Å². The second kappa shape index (κ2) is 7.18. The zero-order valence-electron chi connectivity index (χ0n) is 8.53. The molecule has 0 bridgehead atoms. The number of aryl methyl sites for hydroxylation is 1. The maximum absolute atomic E-state index is 5.66. The van der Waals surface area contributed by atoms with Crippen LogP contribution in [0.1, 0.15) is 19.8 Å². The normalized spacial score (nSPS) is 13.0. The van der Waals surface area contributed by atoms with Crippen LogP contribution in [0.3, 0.4) is 0 Å². The Morgan fingerprint density at radius 2 is 2.43 bits per heavy atom. The molecule has 0 fully saturated rings. The van der Waals surface area contributed by atoms with Crippen molar-refractivity contribution in [2.45, 2.75) is 31.6 Å². The van der Waals surface area contributed by atoms with Crippen LogP contribution in [0, 0.1) is 0 Å². The van der Waals surface area contributed by atoms with Gasteiger partial charge in [0.05, 0.1) is 6.33 Å². The highest BCUT2D eigenvalue weighted by molar-refractivity contribution is 7.99. The summed E-state index contributed by atoms with van der Waals surface area (Å²) >= 11 is 7.67. The van der Waals surface area contributed by atoms with E-state index in [1.54, 1.807) is 0 Å². The molecule has 0 saturated carbocycles. The maximum atomic E-state index is 5.66. The molecule has 0 saturated heterocycles. The van der Waals surface area contributed by atoms with Gasteiger partial charge in [0.15, 0.2) is 0 Å². The van der Waals surface area contributed by atoms with Gasteiger partial charge in [-0.2, -0.15) is 11.8 Å². The van der Waals surface area contributed by atoms with Crippen LogP contribution in [0.5, 0.6) is 0 Å². The molecule has 80 valence electrons. The lowest BCUT2D eigenvalue weighted by Crippen LogP contribution is -2.01. The Labute approximate surface area is 95.1 Å². The van der Waals surface area contributed by atoms with Crippen molar-refractivity contribution in [2.24, 2.45) is 0 Å². The van der Waals surface area contributed by atoms with Gasteiger partial charge in [-0.05, 0) is 18.6 Å². The van der Waals surface area contributed by atoms with Crippen LogP contribution in [0.25, 0.3) is 0 Å². The summed E-state index contributed by atoms with van der Waals surface area (Å²) in [6.07, 6.45) is 8.01. The van der Waals surface area contributed by atoms with Crippen LogP contribution in [0.2, 0.25) is 0 Å². The number of alkyl halides is 1. The Morgan fingerprint density at radius 1 is 1.57 bits per heavy atom. The fraction of sp³-hybridized carbons (Fsp3) is 0.700. The van der Waals surface area contributed by atoms with E-state index in [1.165, 1.54) is 12.2 Å². The number of nitrogens with zero attached hydrogens (tertiary/aromatic N) is 2. The lowest BCUT2D eigenvalue weighted by molar-refractivity contribution is 0.682. The van der Waals surface area contributed by atoms with Crippen LogP contribution in [0.15, 0.2) is 18.7 Å². The van der Waals surface area contributed by atoms with E-state index < -0.39 is 0 Å². The average molecular weight is 233 g/mol. The SMILES string of the molecule is CC(CCCl)SCCCn1ccnc1. The highest BCUT2D eigenvalue weighted by Gasteiger charge is 2.00. The fourth-order valence-electron chi connectivity index (χ4n) is 1.19. The summed E-state index contributed by atoms with van der Waals surface area (Å²) in [6, 6.07) is 0. The molecule has 1 atom stereocenters. The third-order valence-electron chi connectivity index (χ3n) is 2.04. The zero-order chi connectivity index (χ0) is 10.2. The zero-order valence-corrected chi connectivity index (χ0v) is 10.1. The van der Waals surface area contributed by atoms with Crippen molar-refractivity contribution in [3.63, 3.8) is 0 Å². The largest absolute Gasteiger partial charge is 0.337 e. The van der Waals surface area contributed by atoms with Crippen molar-refractivity contribution in [3.8, 4) is 0 Å². The van der Waals surface area contributed by atoms with Crippen molar-refractivity contribution >= 4 is 23.4 Å². The monoisotopic (exact) mass is 232 g/mol. The average Bonchev–Trinajstić information content (AvgIpc) is 2.65. The number of rotatable bonds is 7. The molecule has 1 heterocycles. The van der Waals surface area contributed by atoms with Gasteiger partial charge in [-0.3, -0.25) is 0 Å². The molecule has 1 aromatic rings. The van der Waals surface area contributed by atoms with Gasteiger partial charge in [0.1, 0.15) is 0 Å². The molecule has 0 aliphatic carbocycles.